The molecule has 152 valence electrons. The van der Waals surface area contributed by atoms with Crippen molar-refractivity contribution in [3.8, 4) is 0 Å². The van der Waals surface area contributed by atoms with Gasteiger partial charge >= 0.3 is 0 Å². The zero-order valence-electron chi connectivity index (χ0n) is 16.4. The molecule has 3 aromatic carbocycles. The third-order valence-corrected chi connectivity index (χ3v) is 6.87. The smallest absolute Gasteiger partial charge is 0.263 e. The molecule has 0 aromatic heterocycles. The summed E-state index contributed by atoms with van der Waals surface area (Å²) in [5.74, 6) is -0.543. The first-order valence-electron chi connectivity index (χ1n) is 9.36. The standard InChI is InChI=1S/C23H19ClN2O3S/c1-14(15-7-10-17(24)11-8-15)25-22(27)16-9-12-21-19(13-16)26(2)23(28)18-5-3-4-6-20(18)30(21)29/h3-14H,1-2H3,(H,25,27)/t14-,30?/m1/s1. The lowest BCUT2D eigenvalue weighted by Gasteiger charge is -2.18. The van der Waals surface area contributed by atoms with Gasteiger partial charge in [-0.05, 0) is 55.0 Å². The molecule has 5 nitrogen and oxygen atoms in total. The van der Waals surface area contributed by atoms with Crippen LogP contribution in [0.4, 0.5) is 5.69 Å². The van der Waals surface area contributed by atoms with Gasteiger partial charge in [-0.3, -0.25) is 9.59 Å². The third-order valence-electron chi connectivity index (χ3n) is 5.12. The van der Waals surface area contributed by atoms with E-state index < -0.39 is 11.2 Å². The molecule has 0 saturated heterocycles. The summed E-state index contributed by atoms with van der Waals surface area (Å²) in [4.78, 5) is 28.1. The molecule has 4 rings (SSSR count). The number of halogens is 1. The number of carbonyl (C=O) groups is 2. The molecular weight excluding hydrogens is 420 g/mol. The van der Waals surface area contributed by atoms with Crippen molar-refractivity contribution < 1.29 is 14.1 Å². The van der Waals surface area contributed by atoms with Crippen molar-refractivity contribution in [2.75, 3.05) is 11.9 Å². The minimum absolute atomic E-state index is 0.230. The van der Waals surface area contributed by atoms with E-state index in [9.17, 15) is 14.1 Å². The van der Waals surface area contributed by atoms with Gasteiger partial charge in [0.1, 0.15) is 5.69 Å². The van der Waals surface area contributed by atoms with Gasteiger partial charge in [-0.25, -0.2) is 0 Å². The van der Waals surface area contributed by atoms with Crippen LogP contribution in [-0.2, 0) is 11.2 Å². The highest BCUT2D eigenvalue weighted by Crippen LogP contribution is 2.36. The number of nitrogens with zero attached hydrogens (tertiary/aromatic N) is 1. The van der Waals surface area contributed by atoms with Gasteiger partial charge in [0.15, 0.2) is 9.79 Å². The van der Waals surface area contributed by atoms with Gasteiger partial charge in [-0.2, -0.15) is 0 Å². The number of hydrogen-bond acceptors (Lipinski definition) is 3. The Hall–Kier alpha value is -2.80. The largest absolute Gasteiger partial charge is 0.606 e. The van der Waals surface area contributed by atoms with E-state index in [4.69, 9.17) is 11.6 Å². The maximum Gasteiger partial charge on any atom is 0.263 e. The zero-order valence-corrected chi connectivity index (χ0v) is 18.0. The number of amides is 2. The van der Waals surface area contributed by atoms with E-state index in [-0.39, 0.29) is 17.9 Å². The normalized spacial score (nSPS) is 16.3. The van der Waals surface area contributed by atoms with E-state index in [0.717, 1.165) is 5.56 Å². The Morgan fingerprint density at radius 2 is 1.77 bits per heavy atom. The van der Waals surface area contributed by atoms with E-state index in [1.165, 1.54) is 4.90 Å². The number of nitrogens with one attached hydrogen (secondary N) is 1. The molecule has 0 radical (unpaired) electrons. The minimum atomic E-state index is -1.52. The second-order valence-electron chi connectivity index (χ2n) is 7.06. The summed E-state index contributed by atoms with van der Waals surface area (Å²) < 4.78 is 13.1. The van der Waals surface area contributed by atoms with E-state index >= 15 is 0 Å². The number of hydrogen-bond donors (Lipinski definition) is 1. The first kappa shape index (κ1) is 20.5. The lowest BCUT2D eigenvalue weighted by molar-refractivity contribution is 0.0937. The van der Waals surface area contributed by atoms with Crippen LogP contribution in [0, 0.1) is 0 Å². The van der Waals surface area contributed by atoms with Crippen LogP contribution in [0.25, 0.3) is 0 Å². The van der Waals surface area contributed by atoms with Crippen molar-refractivity contribution in [2.45, 2.75) is 22.8 Å². The summed E-state index contributed by atoms with van der Waals surface area (Å²) in [6.45, 7) is 1.88. The average Bonchev–Trinajstić information content (AvgIpc) is 2.84. The fourth-order valence-corrected chi connectivity index (χ4v) is 4.90. The number of carbonyl (C=O) groups excluding carboxylic acids is 2. The molecular formula is C23H19ClN2O3S. The molecule has 1 heterocycles. The number of anilines is 1. The Morgan fingerprint density at radius 3 is 2.50 bits per heavy atom. The second-order valence-corrected chi connectivity index (χ2v) is 8.91. The van der Waals surface area contributed by atoms with Gasteiger partial charge in [0.05, 0.1) is 11.6 Å². The van der Waals surface area contributed by atoms with Gasteiger partial charge in [0, 0.05) is 28.8 Å². The molecule has 0 spiro atoms. The predicted octanol–water partition coefficient (Wildman–Crippen LogP) is 4.59. The molecule has 2 atom stereocenters. The third kappa shape index (κ3) is 3.69. The Bertz CT molecular complexity index is 1130. The Morgan fingerprint density at radius 1 is 1.07 bits per heavy atom. The molecule has 1 aliphatic rings. The quantitative estimate of drug-likeness (QED) is 0.608. The summed E-state index contributed by atoms with van der Waals surface area (Å²) in [6, 6.07) is 18.8. The average molecular weight is 439 g/mol. The van der Waals surface area contributed by atoms with Crippen LogP contribution in [0.3, 0.4) is 0 Å². The van der Waals surface area contributed by atoms with Gasteiger partial charge in [-0.1, -0.05) is 35.9 Å². The van der Waals surface area contributed by atoms with Crippen LogP contribution in [0.1, 0.15) is 39.2 Å². The molecule has 7 heteroatoms. The van der Waals surface area contributed by atoms with Crippen molar-refractivity contribution in [1.29, 1.82) is 0 Å². The van der Waals surface area contributed by atoms with Crippen LogP contribution < -0.4 is 10.2 Å². The molecule has 0 bridgehead atoms. The predicted molar refractivity (Wildman–Crippen MR) is 118 cm³/mol. The highest BCUT2D eigenvalue weighted by molar-refractivity contribution is 7.91. The van der Waals surface area contributed by atoms with Crippen molar-refractivity contribution >= 4 is 40.3 Å². The van der Waals surface area contributed by atoms with Crippen LogP contribution in [0.2, 0.25) is 5.02 Å². The number of rotatable bonds is 3. The van der Waals surface area contributed by atoms with E-state index in [0.29, 0.717) is 31.6 Å². The van der Waals surface area contributed by atoms with Crippen molar-refractivity contribution in [3.63, 3.8) is 0 Å². The van der Waals surface area contributed by atoms with Crippen molar-refractivity contribution in [3.05, 3.63) is 88.4 Å². The summed E-state index contributed by atoms with van der Waals surface area (Å²) in [5.41, 5.74) is 2.17. The minimum Gasteiger partial charge on any atom is -0.606 e. The van der Waals surface area contributed by atoms with Gasteiger partial charge < -0.3 is 14.8 Å². The van der Waals surface area contributed by atoms with Crippen molar-refractivity contribution in [1.82, 2.24) is 5.32 Å². The first-order chi connectivity index (χ1) is 14.4. The molecule has 30 heavy (non-hydrogen) atoms. The van der Waals surface area contributed by atoms with Gasteiger partial charge in [0.25, 0.3) is 11.8 Å². The molecule has 0 aliphatic carbocycles. The fraction of sp³-hybridized carbons (Fsp3) is 0.130. The van der Waals surface area contributed by atoms with Crippen molar-refractivity contribution in [2.24, 2.45) is 0 Å². The number of benzene rings is 3. The molecule has 0 fully saturated rings. The van der Waals surface area contributed by atoms with Crippen LogP contribution in [0.15, 0.2) is 76.5 Å². The van der Waals surface area contributed by atoms with E-state index in [2.05, 4.69) is 5.32 Å². The fourth-order valence-electron chi connectivity index (χ4n) is 3.41. The first-order valence-corrected chi connectivity index (χ1v) is 10.9. The lowest BCUT2D eigenvalue weighted by Crippen LogP contribution is -2.28. The second kappa shape index (κ2) is 8.14. The highest BCUT2D eigenvalue weighted by atomic mass is 35.5. The Kier molecular flexibility index (Phi) is 5.56. The maximum atomic E-state index is 13.1. The molecule has 0 saturated carbocycles. The molecule has 1 unspecified atom stereocenters. The molecule has 3 aromatic rings. The summed E-state index contributed by atoms with van der Waals surface area (Å²) in [7, 11) is 1.62. The summed E-state index contributed by atoms with van der Waals surface area (Å²) >= 11 is 4.41. The molecule has 1 aliphatic heterocycles. The molecule has 1 N–H and O–H groups in total. The Balaban J connectivity index is 1.64. The number of fused-ring (bicyclic) bond motifs is 2. The van der Waals surface area contributed by atoms with Crippen LogP contribution in [0.5, 0.6) is 0 Å². The Labute approximate surface area is 182 Å². The van der Waals surface area contributed by atoms with E-state index in [1.807, 2.05) is 19.1 Å². The van der Waals surface area contributed by atoms with Gasteiger partial charge in [-0.15, -0.1) is 0 Å². The van der Waals surface area contributed by atoms with E-state index in [1.54, 1.807) is 61.6 Å². The highest BCUT2D eigenvalue weighted by Gasteiger charge is 2.34. The monoisotopic (exact) mass is 438 g/mol. The summed E-state index contributed by atoms with van der Waals surface area (Å²) in [6.07, 6.45) is 0. The topological polar surface area (TPSA) is 72.5 Å². The van der Waals surface area contributed by atoms with Crippen LogP contribution >= 0.6 is 11.6 Å². The summed E-state index contributed by atoms with van der Waals surface area (Å²) in [5, 5.41) is 3.58. The molecule has 2 amide bonds. The SMILES string of the molecule is C[C@@H](NC(=O)c1ccc2c(c1)N(C)C(=O)c1ccccc1[S+]2[O-])c1ccc(Cl)cc1. The lowest BCUT2D eigenvalue weighted by atomic mass is 10.1. The zero-order chi connectivity index (χ0) is 21.4. The van der Waals surface area contributed by atoms with Gasteiger partial charge in [0.2, 0.25) is 0 Å². The maximum absolute atomic E-state index is 13.1. The van der Waals surface area contributed by atoms with Crippen LogP contribution in [-0.4, -0.2) is 23.4 Å².